The van der Waals surface area contributed by atoms with Crippen molar-refractivity contribution in [2.24, 2.45) is 0 Å². The zero-order chi connectivity index (χ0) is 23.7. The quantitative estimate of drug-likeness (QED) is 0.549. The first-order chi connectivity index (χ1) is 16.5. The van der Waals surface area contributed by atoms with Gasteiger partial charge in [0.1, 0.15) is 5.75 Å². The SMILES string of the molecule is COc1ccc([C@@H](CNC(=O)c2cc(C3CC3)nc3c2cnn3C(C)C)N2CCOCC2)cc1. The zero-order valence-electron chi connectivity index (χ0n) is 20.2. The standard InChI is InChI=1S/C26H33N5O3/c1-17(2)31-25-22(15-28-31)21(14-23(29-25)18-4-5-18)26(32)27-16-24(30-10-12-34-13-11-30)19-6-8-20(33-3)9-7-19/h6-9,14-15,17-18,24H,4-5,10-13,16H2,1-3H3,(H,27,32)/t24-/m1/s1. The number of amides is 1. The van der Waals surface area contributed by atoms with Gasteiger partial charge in [0, 0.05) is 37.3 Å². The molecule has 180 valence electrons. The van der Waals surface area contributed by atoms with E-state index in [4.69, 9.17) is 14.5 Å². The summed E-state index contributed by atoms with van der Waals surface area (Å²) in [6.45, 7) is 7.73. The molecule has 1 saturated carbocycles. The molecule has 3 heterocycles. The molecule has 2 aromatic heterocycles. The maximum Gasteiger partial charge on any atom is 0.252 e. The summed E-state index contributed by atoms with van der Waals surface area (Å²) < 4.78 is 12.8. The lowest BCUT2D eigenvalue weighted by atomic mass is 10.0. The van der Waals surface area contributed by atoms with E-state index in [1.807, 2.05) is 22.9 Å². The van der Waals surface area contributed by atoms with Gasteiger partial charge < -0.3 is 14.8 Å². The third-order valence-electron chi connectivity index (χ3n) is 6.76. The van der Waals surface area contributed by atoms with E-state index in [1.165, 1.54) is 0 Å². The van der Waals surface area contributed by atoms with Crippen molar-refractivity contribution in [1.82, 2.24) is 25.0 Å². The van der Waals surface area contributed by atoms with E-state index in [0.29, 0.717) is 31.2 Å². The normalized spacial score (nSPS) is 17.8. The molecule has 34 heavy (non-hydrogen) atoms. The smallest absolute Gasteiger partial charge is 0.252 e. The molecular weight excluding hydrogens is 430 g/mol. The zero-order valence-corrected chi connectivity index (χ0v) is 20.2. The molecule has 5 rings (SSSR count). The third kappa shape index (κ3) is 4.65. The van der Waals surface area contributed by atoms with Crippen LogP contribution in [0.4, 0.5) is 0 Å². The van der Waals surface area contributed by atoms with Crippen molar-refractivity contribution < 1.29 is 14.3 Å². The topological polar surface area (TPSA) is 81.5 Å². The molecular formula is C26H33N5O3. The summed E-state index contributed by atoms with van der Waals surface area (Å²) in [5.74, 6) is 1.19. The fraction of sp³-hybridized carbons (Fsp3) is 0.500. The van der Waals surface area contributed by atoms with Crippen molar-refractivity contribution in [2.45, 2.75) is 44.7 Å². The highest BCUT2D eigenvalue weighted by molar-refractivity contribution is 6.05. The van der Waals surface area contributed by atoms with Crippen molar-refractivity contribution in [2.75, 3.05) is 40.0 Å². The summed E-state index contributed by atoms with van der Waals surface area (Å²) in [4.78, 5) is 20.8. The number of hydrogen-bond donors (Lipinski definition) is 1. The number of ether oxygens (including phenoxy) is 2. The molecule has 1 aliphatic carbocycles. The minimum Gasteiger partial charge on any atom is -0.497 e. The number of pyridine rings is 1. The first-order valence-electron chi connectivity index (χ1n) is 12.2. The number of methoxy groups -OCH3 is 1. The van der Waals surface area contributed by atoms with E-state index >= 15 is 0 Å². The van der Waals surface area contributed by atoms with Gasteiger partial charge in [0.25, 0.3) is 5.91 Å². The van der Waals surface area contributed by atoms with Gasteiger partial charge in [-0.15, -0.1) is 0 Å². The van der Waals surface area contributed by atoms with Gasteiger partial charge in [-0.25, -0.2) is 9.67 Å². The van der Waals surface area contributed by atoms with Crippen LogP contribution in [0.2, 0.25) is 0 Å². The fourth-order valence-electron chi connectivity index (χ4n) is 4.65. The van der Waals surface area contributed by atoms with Gasteiger partial charge in [0.15, 0.2) is 5.65 Å². The molecule has 1 saturated heterocycles. The molecule has 0 bridgehead atoms. The molecule has 0 radical (unpaired) electrons. The van der Waals surface area contributed by atoms with Gasteiger partial charge in [-0.2, -0.15) is 5.10 Å². The van der Waals surface area contributed by atoms with E-state index in [2.05, 4.69) is 41.3 Å². The molecule has 3 aromatic rings. The van der Waals surface area contributed by atoms with Gasteiger partial charge in [-0.1, -0.05) is 12.1 Å². The van der Waals surface area contributed by atoms with Crippen LogP contribution in [0, 0.1) is 0 Å². The van der Waals surface area contributed by atoms with Crippen LogP contribution in [0.3, 0.4) is 0 Å². The second-order valence-electron chi connectivity index (χ2n) is 9.44. The maximum absolute atomic E-state index is 13.5. The molecule has 1 amide bonds. The Bertz CT molecular complexity index is 1150. The van der Waals surface area contributed by atoms with E-state index in [1.54, 1.807) is 13.3 Å². The van der Waals surface area contributed by atoms with Crippen LogP contribution in [0.25, 0.3) is 11.0 Å². The van der Waals surface area contributed by atoms with Crippen molar-refractivity contribution in [3.8, 4) is 5.75 Å². The fourth-order valence-corrected chi connectivity index (χ4v) is 4.65. The molecule has 0 unspecified atom stereocenters. The predicted octanol–water partition coefficient (Wildman–Crippen LogP) is 3.70. The second-order valence-corrected chi connectivity index (χ2v) is 9.44. The Morgan fingerprint density at radius 2 is 1.94 bits per heavy atom. The van der Waals surface area contributed by atoms with Crippen LogP contribution in [-0.2, 0) is 4.74 Å². The molecule has 1 atom stereocenters. The van der Waals surface area contributed by atoms with E-state index in [0.717, 1.165) is 54.0 Å². The van der Waals surface area contributed by atoms with Crippen LogP contribution in [-0.4, -0.2) is 65.5 Å². The first-order valence-corrected chi connectivity index (χ1v) is 12.2. The molecule has 1 aliphatic heterocycles. The van der Waals surface area contributed by atoms with Crippen LogP contribution >= 0.6 is 0 Å². The van der Waals surface area contributed by atoms with Crippen molar-refractivity contribution in [1.29, 1.82) is 0 Å². The summed E-state index contributed by atoms with van der Waals surface area (Å²) >= 11 is 0. The highest BCUT2D eigenvalue weighted by Gasteiger charge is 2.29. The highest BCUT2D eigenvalue weighted by Crippen LogP contribution is 2.40. The molecule has 1 aromatic carbocycles. The van der Waals surface area contributed by atoms with Gasteiger partial charge in [-0.05, 0) is 50.5 Å². The number of fused-ring (bicyclic) bond motifs is 1. The number of nitrogens with one attached hydrogen (secondary N) is 1. The number of carbonyl (C=O) groups is 1. The highest BCUT2D eigenvalue weighted by atomic mass is 16.5. The van der Waals surface area contributed by atoms with Gasteiger partial charge >= 0.3 is 0 Å². The van der Waals surface area contributed by atoms with Crippen LogP contribution in [0.5, 0.6) is 5.75 Å². The molecule has 8 nitrogen and oxygen atoms in total. The number of hydrogen-bond acceptors (Lipinski definition) is 6. The van der Waals surface area contributed by atoms with Gasteiger partial charge in [-0.3, -0.25) is 9.69 Å². The lowest BCUT2D eigenvalue weighted by Gasteiger charge is -2.35. The second kappa shape index (κ2) is 9.72. The summed E-state index contributed by atoms with van der Waals surface area (Å²) in [6, 6.07) is 10.3. The maximum atomic E-state index is 13.5. The number of morpholine rings is 1. The average Bonchev–Trinajstić information content (AvgIpc) is 3.63. The lowest BCUT2D eigenvalue weighted by molar-refractivity contribution is 0.0162. The number of aromatic nitrogens is 3. The molecule has 1 N–H and O–H groups in total. The van der Waals surface area contributed by atoms with Gasteiger partial charge in [0.05, 0.1) is 43.5 Å². The minimum atomic E-state index is -0.0793. The summed E-state index contributed by atoms with van der Waals surface area (Å²) in [5.41, 5.74) is 3.60. The van der Waals surface area contributed by atoms with E-state index in [9.17, 15) is 4.79 Å². The number of rotatable bonds is 8. The minimum absolute atomic E-state index is 0.0531. The summed E-state index contributed by atoms with van der Waals surface area (Å²) in [6.07, 6.45) is 4.04. The predicted molar refractivity (Wildman–Crippen MR) is 130 cm³/mol. The molecule has 2 fully saturated rings. The Morgan fingerprint density at radius 3 is 2.59 bits per heavy atom. The lowest BCUT2D eigenvalue weighted by Crippen LogP contribution is -2.43. The number of benzene rings is 1. The van der Waals surface area contributed by atoms with E-state index < -0.39 is 0 Å². The van der Waals surface area contributed by atoms with E-state index in [-0.39, 0.29) is 18.0 Å². The van der Waals surface area contributed by atoms with Crippen LogP contribution in [0.1, 0.15) is 66.3 Å². The molecule has 2 aliphatic rings. The third-order valence-corrected chi connectivity index (χ3v) is 6.76. The summed E-state index contributed by atoms with van der Waals surface area (Å²) in [7, 11) is 1.67. The van der Waals surface area contributed by atoms with Crippen molar-refractivity contribution in [3.05, 3.63) is 53.3 Å². The largest absolute Gasteiger partial charge is 0.497 e. The molecule has 8 heteroatoms. The number of nitrogens with zero attached hydrogens (tertiary/aromatic N) is 4. The Hall–Kier alpha value is -2.97. The van der Waals surface area contributed by atoms with Crippen LogP contribution in [0.15, 0.2) is 36.5 Å². The Balaban J connectivity index is 1.41. The first kappa shape index (κ1) is 22.8. The van der Waals surface area contributed by atoms with Crippen molar-refractivity contribution >= 4 is 16.9 Å². The average molecular weight is 464 g/mol. The van der Waals surface area contributed by atoms with Crippen molar-refractivity contribution in [3.63, 3.8) is 0 Å². The Labute approximate surface area is 200 Å². The monoisotopic (exact) mass is 463 g/mol. The number of carbonyl (C=O) groups excluding carboxylic acids is 1. The summed E-state index contributed by atoms with van der Waals surface area (Å²) in [5, 5.41) is 8.56. The van der Waals surface area contributed by atoms with Crippen LogP contribution < -0.4 is 10.1 Å². The Kier molecular flexibility index (Phi) is 6.52. The van der Waals surface area contributed by atoms with Gasteiger partial charge in [0.2, 0.25) is 0 Å². The Morgan fingerprint density at radius 1 is 1.21 bits per heavy atom. The molecule has 0 spiro atoms.